The Bertz CT molecular complexity index is 3210. The van der Waals surface area contributed by atoms with Gasteiger partial charge in [0.15, 0.2) is 46.0 Å². The summed E-state index contributed by atoms with van der Waals surface area (Å²) in [5, 5.41) is 0. The molecule has 4 atom stereocenters. The van der Waals surface area contributed by atoms with Crippen molar-refractivity contribution < 1.29 is 83.0 Å². The van der Waals surface area contributed by atoms with Crippen LogP contribution < -0.4 is 37.9 Å². The van der Waals surface area contributed by atoms with E-state index < -0.39 is 46.5 Å². The quantitative estimate of drug-likeness (QED) is 0.109. The molecule has 4 aromatic carbocycles. The molecule has 7 aliphatic carbocycles. The molecule has 15 rings (SSSR count). The summed E-state index contributed by atoms with van der Waals surface area (Å²) in [6.45, 7) is 18.8. The highest BCUT2D eigenvalue weighted by atomic mass is 19.2. The summed E-state index contributed by atoms with van der Waals surface area (Å²) in [6.07, 6.45) is 41.6. The van der Waals surface area contributed by atoms with Gasteiger partial charge in [-0.05, 0) is 315 Å². The van der Waals surface area contributed by atoms with E-state index in [9.17, 15) is 35.1 Å². The Hall–Kier alpha value is -5.28. The molecule has 16 heteroatoms. The van der Waals surface area contributed by atoms with Crippen LogP contribution in [0.25, 0.3) is 0 Å². The van der Waals surface area contributed by atoms with Gasteiger partial charge in [-0.3, -0.25) is 0 Å². The Morgan fingerprint density at radius 2 is 0.415 bits per heavy atom. The zero-order valence-corrected chi connectivity index (χ0v) is 65.3. The number of fused-ring (bicyclic) bond motifs is 4. The van der Waals surface area contributed by atoms with E-state index in [4.69, 9.17) is 37.9 Å². The summed E-state index contributed by atoms with van der Waals surface area (Å²) in [5.41, 5.74) is 2.89. The number of ether oxygens (including phenoxy) is 8. The molecule has 0 amide bonds. The summed E-state index contributed by atoms with van der Waals surface area (Å²) < 4.78 is 160. The number of aryl methyl sites for hydroxylation is 4. The highest BCUT2D eigenvalue weighted by molar-refractivity contribution is 5.47. The molecule has 604 valence electrons. The fraction of sp³-hybridized carbons (Fsp3) is 0.733. The minimum atomic E-state index is -0.919. The monoisotopic (exact) mass is 1500 g/mol. The predicted molar refractivity (Wildman–Crippen MR) is 417 cm³/mol. The molecule has 106 heavy (non-hydrogen) atoms. The second kappa shape index (κ2) is 37.6. The van der Waals surface area contributed by atoms with Crippen LogP contribution in [0.5, 0.6) is 46.0 Å². The lowest BCUT2D eigenvalue weighted by Crippen LogP contribution is -2.27. The van der Waals surface area contributed by atoms with E-state index in [-0.39, 0.29) is 80.4 Å². The molecule has 8 nitrogen and oxygen atoms in total. The van der Waals surface area contributed by atoms with Crippen molar-refractivity contribution in [2.45, 2.75) is 311 Å². The molecule has 7 saturated carbocycles. The van der Waals surface area contributed by atoms with Crippen LogP contribution in [0.15, 0.2) is 24.3 Å². The lowest BCUT2D eigenvalue weighted by Gasteiger charge is -2.37. The van der Waals surface area contributed by atoms with Gasteiger partial charge in [0, 0.05) is 32.2 Å². The van der Waals surface area contributed by atoms with Crippen molar-refractivity contribution in [2.24, 2.45) is 82.9 Å². The van der Waals surface area contributed by atoms with Crippen LogP contribution in [-0.4, -0.2) is 50.8 Å². The van der Waals surface area contributed by atoms with E-state index in [0.717, 1.165) is 153 Å². The molecular formula is C90H140F8O8. The summed E-state index contributed by atoms with van der Waals surface area (Å²) in [5.74, 6) is 3.87. The Kier molecular flexibility index (Phi) is 28.5. The average Bonchev–Trinajstić information content (AvgIpc) is 0.804. The van der Waals surface area contributed by atoms with Crippen molar-refractivity contribution in [3.63, 3.8) is 0 Å². The average molecular weight is 1500 g/mol. The fourth-order valence-corrected chi connectivity index (χ4v) is 19.8. The number of rotatable bonds is 15. The van der Waals surface area contributed by atoms with Gasteiger partial charge >= 0.3 is 0 Å². The van der Waals surface area contributed by atoms with Gasteiger partial charge in [-0.15, -0.1) is 0 Å². The summed E-state index contributed by atoms with van der Waals surface area (Å²) in [7, 11) is 0. The Morgan fingerprint density at radius 3 is 0.613 bits per heavy atom. The Labute approximate surface area is 639 Å². The van der Waals surface area contributed by atoms with Gasteiger partial charge < -0.3 is 37.9 Å². The van der Waals surface area contributed by atoms with Crippen molar-refractivity contribution in [1.82, 2.24) is 0 Å². The van der Waals surface area contributed by atoms with Crippen LogP contribution in [0.1, 0.15) is 293 Å². The highest BCUT2D eigenvalue weighted by Gasteiger charge is 2.37. The molecule has 7 fully saturated rings. The van der Waals surface area contributed by atoms with E-state index in [2.05, 4.69) is 27.7 Å². The standard InChI is InChI=1S/3C24H34F2O2.C18H24F2O2.7H2/c3*1-15-3-8-18(9-4-15)19-11-6-17(7-12-19)14-27-21-13-20-10-5-16(2)28-24(20)23(26)22(21)25;1-11-3-6-13(7-4-11)10-21-15-9-14-8-5-12(2)22-18(14)17(20)16(15)19;;;;;;;/h3*13,15-19H,3-12,14H2,1-2H3;9,11-13H,3-8,10H2,1-2H3;7*1H. The van der Waals surface area contributed by atoms with Gasteiger partial charge in [0.1, 0.15) is 0 Å². The molecule has 0 saturated heterocycles. The molecule has 0 aromatic heterocycles. The van der Waals surface area contributed by atoms with Crippen LogP contribution in [-0.2, 0) is 25.7 Å². The molecule has 4 unspecified atom stereocenters. The van der Waals surface area contributed by atoms with Crippen molar-refractivity contribution in [2.75, 3.05) is 26.4 Å². The normalized spacial score (nSPS) is 32.0. The van der Waals surface area contributed by atoms with Crippen LogP contribution in [0.3, 0.4) is 0 Å². The van der Waals surface area contributed by atoms with Crippen LogP contribution in [0.2, 0.25) is 0 Å². The zero-order valence-electron chi connectivity index (χ0n) is 65.3. The van der Waals surface area contributed by atoms with Gasteiger partial charge in [-0.2, -0.15) is 35.1 Å². The molecule has 4 aromatic rings. The molecule has 11 aliphatic rings. The second-order valence-corrected chi connectivity index (χ2v) is 35.6. The summed E-state index contributed by atoms with van der Waals surface area (Å²) >= 11 is 0. The molecule has 0 bridgehead atoms. The van der Waals surface area contributed by atoms with Gasteiger partial charge in [-0.1, -0.05) is 79.1 Å². The van der Waals surface area contributed by atoms with Gasteiger partial charge in [0.2, 0.25) is 46.5 Å². The molecular weight excluding hydrogens is 1360 g/mol. The van der Waals surface area contributed by atoms with Crippen LogP contribution in [0, 0.1) is 129 Å². The number of hydrogen-bond acceptors (Lipinski definition) is 8. The maximum atomic E-state index is 14.4. The van der Waals surface area contributed by atoms with E-state index in [1.54, 1.807) is 24.3 Å². The van der Waals surface area contributed by atoms with Gasteiger partial charge in [0.25, 0.3) is 0 Å². The van der Waals surface area contributed by atoms with Crippen LogP contribution in [0.4, 0.5) is 35.1 Å². The highest BCUT2D eigenvalue weighted by Crippen LogP contribution is 2.48. The lowest BCUT2D eigenvalue weighted by molar-refractivity contribution is 0.123. The van der Waals surface area contributed by atoms with E-state index in [1.807, 2.05) is 27.7 Å². The van der Waals surface area contributed by atoms with Crippen molar-refractivity contribution >= 4 is 0 Å². The summed E-state index contributed by atoms with van der Waals surface area (Å²) in [6, 6.07) is 6.56. The first-order valence-corrected chi connectivity index (χ1v) is 42.3. The van der Waals surface area contributed by atoms with Crippen molar-refractivity contribution in [3.8, 4) is 46.0 Å². The fourth-order valence-electron chi connectivity index (χ4n) is 19.8. The van der Waals surface area contributed by atoms with E-state index in [0.29, 0.717) is 81.3 Å². The largest absolute Gasteiger partial charge is 0.490 e. The number of benzene rings is 4. The first-order valence-electron chi connectivity index (χ1n) is 42.3. The molecule has 4 heterocycles. The third-order valence-corrected chi connectivity index (χ3v) is 27.3. The smallest absolute Gasteiger partial charge is 0.204 e. The van der Waals surface area contributed by atoms with Crippen molar-refractivity contribution in [1.29, 1.82) is 0 Å². The van der Waals surface area contributed by atoms with Gasteiger partial charge in [0.05, 0.1) is 50.8 Å². The first kappa shape index (κ1) is 80.2. The number of halogens is 8. The third kappa shape index (κ3) is 20.8. The first-order chi connectivity index (χ1) is 51.1. The van der Waals surface area contributed by atoms with Crippen LogP contribution >= 0.6 is 0 Å². The maximum Gasteiger partial charge on any atom is 0.204 e. The van der Waals surface area contributed by atoms with E-state index >= 15 is 0 Å². The second-order valence-electron chi connectivity index (χ2n) is 35.6. The maximum absolute atomic E-state index is 14.4. The Morgan fingerprint density at radius 1 is 0.245 bits per heavy atom. The zero-order chi connectivity index (χ0) is 74.7. The van der Waals surface area contributed by atoms with Crippen molar-refractivity contribution in [3.05, 3.63) is 93.1 Å². The van der Waals surface area contributed by atoms with E-state index in [1.165, 1.54) is 128 Å². The SMILES string of the molecule is CC1CCC(C2CCC(COc3cc4c(c(F)c3F)OC(C)CC4)CC2)CC1.CC1CCC(C2CCC(COc3cc4c(c(F)c3F)OC(C)CC4)CC2)CC1.CC1CCC(C2CCC(COc3cc4c(c(F)c3F)OC(C)CC4)CC2)CC1.CC1CCC(COc2cc3c(c(F)c2F)OC(C)CC3)CC1.[HH].[HH].[HH].[HH].[HH].[HH].[HH]. The number of hydrogen-bond donors (Lipinski definition) is 0. The lowest BCUT2D eigenvalue weighted by atomic mass is 9.69. The summed E-state index contributed by atoms with van der Waals surface area (Å²) in [4.78, 5) is 0. The minimum Gasteiger partial charge on any atom is -0.490 e. The topological polar surface area (TPSA) is 73.8 Å². The Balaban J connectivity index is 0.000000265. The molecule has 0 spiro atoms. The predicted octanol–water partition coefficient (Wildman–Crippen LogP) is 26.7. The molecule has 4 aliphatic heterocycles. The molecule has 0 N–H and O–H groups in total. The molecule has 0 radical (unpaired) electrons. The third-order valence-electron chi connectivity index (χ3n) is 27.3. The minimum absolute atomic E-state index is 0. The van der Waals surface area contributed by atoms with Gasteiger partial charge in [-0.25, -0.2) is 0 Å².